The van der Waals surface area contributed by atoms with Crippen LogP contribution in [0.2, 0.25) is 0 Å². The summed E-state index contributed by atoms with van der Waals surface area (Å²) in [6.07, 6.45) is 10.1. The van der Waals surface area contributed by atoms with Gasteiger partial charge in [-0.1, -0.05) is 52.5 Å². The highest BCUT2D eigenvalue weighted by atomic mass is 16.5. The molecule has 11 heteroatoms. The van der Waals surface area contributed by atoms with Crippen molar-refractivity contribution in [2.24, 2.45) is 16.3 Å². The Bertz CT molecular complexity index is 1890. The number of ether oxygens (including phenoxy) is 1. The molecular formula is C45H64N6O5. The normalized spacial score (nSPS) is 15.8. The van der Waals surface area contributed by atoms with Gasteiger partial charge in [-0.25, -0.2) is 5.43 Å². The van der Waals surface area contributed by atoms with E-state index in [1.807, 2.05) is 45.8 Å². The Morgan fingerprint density at radius 1 is 1.12 bits per heavy atom. The molecule has 1 fully saturated rings. The number of hydrogen-bond acceptors (Lipinski definition) is 8. The number of allylic oxidation sites excluding steroid dienone is 1. The molecule has 2 amide bonds. The maximum atomic E-state index is 14.0. The summed E-state index contributed by atoms with van der Waals surface area (Å²) in [6.45, 7) is 18.2. The van der Waals surface area contributed by atoms with Crippen LogP contribution in [-0.4, -0.2) is 96.4 Å². The second-order valence-corrected chi connectivity index (χ2v) is 16.3. The molecule has 0 saturated carbocycles. The maximum Gasteiger partial charge on any atom is 0.259 e. The zero-order valence-corrected chi connectivity index (χ0v) is 35.0. The minimum Gasteiger partial charge on any atom is -0.508 e. The average molecular weight is 769 g/mol. The van der Waals surface area contributed by atoms with E-state index in [-0.39, 0.29) is 41.4 Å². The number of hydrogen-bond donors (Lipinski definition) is 3. The Morgan fingerprint density at radius 2 is 1.88 bits per heavy atom. The van der Waals surface area contributed by atoms with Crippen molar-refractivity contribution in [1.82, 2.24) is 25.2 Å². The quantitative estimate of drug-likeness (QED) is 0.0890. The largest absolute Gasteiger partial charge is 0.508 e. The molecule has 0 radical (unpaired) electrons. The van der Waals surface area contributed by atoms with E-state index in [4.69, 9.17) is 4.74 Å². The van der Waals surface area contributed by atoms with Crippen LogP contribution in [0.4, 0.5) is 0 Å². The van der Waals surface area contributed by atoms with E-state index in [0.29, 0.717) is 32.5 Å². The summed E-state index contributed by atoms with van der Waals surface area (Å²) < 4.78 is 8.00. The van der Waals surface area contributed by atoms with Crippen LogP contribution in [0.25, 0.3) is 28.1 Å². The molecule has 11 nitrogen and oxygen atoms in total. The highest BCUT2D eigenvalue weighted by molar-refractivity contribution is 5.93. The third kappa shape index (κ3) is 11.0. The molecular weight excluding hydrogens is 705 g/mol. The number of nitrogens with one attached hydrogen (secondary N) is 2. The molecule has 1 saturated heterocycles. The number of nitrogens with zero attached hydrogens (tertiary/aromatic N) is 4. The highest BCUT2D eigenvalue weighted by Gasteiger charge is 2.32. The fourth-order valence-corrected chi connectivity index (χ4v) is 7.84. The summed E-state index contributed by atoms with van der Waals surface area (Å²) in [5, 5.41) is 16.9. The van der Waals surface area contributed by atoms with Crippen LogP contribution < -0.4 is 10.7 Å². The SMILES string of the molecule is C=CC=N/C(=C/c1c(CC(C)(C)CCC=O)c2cc(-c3cc(O)cc(CC(NC(=O)C(C(C)C)N(C)C)C(=O)N4CCCCN4)c3)ccc2n1CC)C(C)OC. The predicted molar refractivity (Wildman–Crippen MR) is 228 cm³/mol. The van der Waals surface area contributed by atoms with Gasteiger partial charge in [0.15, 0.2) is 0 Å². The number of carbonyl (C=O) groups is 3. The lowest BCUT2D eigenvalue weighted by Gasteiger charge is -2.33. The van der Waals surface area contributed by atoms with Crippen LogP contribution in [0.15, 0.2) is 59.7 Å². The molecule has 304 valence electrons. The Morgan fingerprint density at radius 3 is 2.48 bits per heavy atom. The lowest BCUT2D eigenvalue weighted by atomic mass is 9.80. The molecule has 4 rings (SSSR count). The van der Waals surface area contributed by atoms with Crippen LogP contribution in [0.3, 0.4) is 0 Å². The molecule has 3 unspecified atom stereocenters. The van der Waals surface area contributed by atoms with Gasteiger partial charge in [0.1, 0.15) is 18.1 Å². The molecule has 2 aromatic carbocycles. The van der Waals surface area contributed by atoms with E-state index in [9.17, 15) is 19.5 Å². The van der Waals surface area contributed by atoms with Crippen LogP contribution >= 0.6 is 0 Å². The van der Waals surface area contributed by atoms with Crippen molar-refractivity contribution in [3.05, 3.63) is 71.6 Å². The molecule has 3 atom stereocenters. The van der Waals surface area contributed by atoms with E-state index in [2.05, 4.69) is 71.9 Å². The Hall–Kier alpha value is -4.58. The van der Waals surface area contributed by atoms with Gasteiger partial charge in [-0.2, -0.15) is 0 Å². The molecule has 3 N–H and O–H groups in total. The fraction of sp³-hybridized carbons (Fsp3) is 0.511. The summed E-state index contributed by atoms with van der Waals surface area (Å²) in [4.78, 5) is 45.7. The van der Waals surface area contributed by atoms with Crippen LogP contribution in [-0.2, 0) is 38.5 Å². The number of hydrazine groups is 1. The van der Waals surface area contributed by atoms with Gasteiger partial charge in [-0.3, -0.25) is 24.5 Å². The molecule has 0 aliphatic carbocycles. The molecule has 3 aromatic rings. The van der Waals surface area contributed by atoms with Gasteiger partial charge in [0.2, 0.25) is 5.91 Å². The number of amides is 2. The first-order chi connectivity index (χ1) is 26.6. The number of phenols is 1. The van der Waals surface area contributed by atoms with E-state index < -0.39 is 12.1 Å². The number of likely N-dealkylation sites (N-methyl/N-ethyl adjacent to an activating group) is 1. The third-order valence-corrected chi connectivity index (χ3v) is 10.7. The van der Waals surface area contributed by atoms with Gasteiger partial charge in [0.25, 0.3) is 5.91 Å². The Kier molecular flexibility index (Phi) is 15.8. The number of aromatic nitrogens is 1. The second-order valence-electron chi connectivity index (χ2n) is 16.3. The van der Waals surface area contributed by atoms with Gasteiger partial charge in [-0.05, 0) is 118 Å². The van der Waals surface area contributed by atoms with Crippen LogP contribution in [0, 0.1) is 11.3 Å². The summed E-state index contributed by atoms with van der Waals surface area (Å²) in [6, 6.07) is 10.5. The van der Waals surface area contributed by atoms with Crippen molar-refractivity contribution in [3.8, 4) is 16.9 Å². The van der Waals surface area contributed by atoms with E-state index >= 15 is 0 Å². The Balaban J connectivity index is 1.85. The van der Waals surface area contributed by atoms with Gasteiger partial charge >= 0.3 is 0 Å². The van der Waals surface area contributed by atoms with E-state index in [1.54, 1.807) is 36.5 Å². The van der Waals surface area contributed by atoms with Gasteiger partial charge in [0.05, 0.1) is 17.8 Å². The first kappa shape index (κ1) is 44.1. The number of methoxy groups -OCH3 is 1. The van der Waals surface area contributed by atoms with Crippen molar-refractivity contribution in [1.29, 1.82) is 0 Å². The molecule has 0 bridgehead atoms. The minimum absolute atomic E-state index is 0.0325. The van der Waals surface area contributed by atoms with Crippen LogP contribution in [0.1, 0.15) is 84.0 Å². The topological polar surface area (TPSA) is 128 Å². The molecule has 56 heavy (non-hydrogen) atoms. The number of aldehydes is 1. The number of carbonyl (C=O) groups excluding carboxylic acids is 3. The number of rotatable bonds is 19. The Labute approximate surface area is 333 Å². The average Bonchev–Trinajstić information content (AvgIpc) is 3.44. The molecule has 1 aliphatic rings. The van der Waals surface area contributed by atoms with E-state index in [1.165, 1.54) is 0 Å². The first-order valence-corrected chi connectivity index (χ1v) is 20.0. The summed E-state index contributed by atoms with van der Waals surface area (Å²) in [5.41, 5.74) is 9.42. The maximum absolute atomic E-state index is 14.0. The monoisotopic (exact) mass is 768 g/mol. The van der Waals surface area contributed by atoms with Crippen molar-refractivity contribution in [3.63, 3.8) is 0 Å². The zero-order chi connectivity index (χ0) is 41.2. The molecule has 2 heterocycles. The van der Waals surface area contributed by atoms with Crippen molar-refractivity contribution >= 4 is 41.3 Å². The van der Waals surface area contributed by atoms with Crippen molar-refractivity contribution in [2.45, 2.75) is 105 Å². The zero-order valence-electron chi connectivity index (χ0n) is 35.0. The van der Waals surface area contributed by atoms with Crippen LogP contribution in [0.5, 0.6) is 5.75 Å². The summed E-state index contributed by atoms with van der Waals surface area (Å²) in [5.74, 6) is -0.306. The summed E-state index contributed by atoms with van der Waals surface area (Å²) >= 11 is 0. The van der Waals surface area contributed by atoms with Crippen molar-refractivity contribution < 1.29 is 24.2 Å². The number of aliphatic imine (C=N–C) groups is 1. The third-order valence-electron chi connectivity index (χ3n) is 10.7. The molecule has 1 aromatic heterocycles. The van der Waals surface area contributed by atoms with E-state index in [0.717, 1.165) is 70.1 Å². The second kappa shape index (κ2) is 20.0. The van der Waals surface area contributed by atoms with Crippen molar-refractivity contribution in [2.75, 3.05) is 34.3 Å². The minimum atomic E-state index is -0.841. The fourth-order valence-electron chi connectivity index (χ4n) is 7.84. The predicted octanol–water partition coefficient (Wildman–Crippen LogP) is 6.95. The molecule has 0 spiro atoms. The van der Waals surface area contributed by atoms with Gasteiger partial charge in [-0.15, -0.1) is 0 Å². The standard InChI is InChI=1S/C45H64N6O5/c1-11-19-46-38(31(5)56-10)28-41-37(29-45(6,7)18-15-22-52)36-27-33(16-17-40(36)50(41)12-2)34-23-32(24-35(53)26-34)25-39(44(55)51-21-14-13-20-47-51)48-43(54)42(30(3)4)49(8)9/h11,16-17,19,22-24,26-28,30-31,39,42,47,53H,1,12-15,18,20-21,25,29H2,2-10H3,(H,48,54)/b38-28+,46-19?. The number of benzene rings is 2. The lowest BCUT2D eigenvalue weighted by Crippen LogP contribution is -2.58. The number of phenolic OH excluding ortho intramolecular Hbond substituents is 1. The highest BCUT2D eigenvalue weighted by Crippen LogP contribution is 2.38. The van der Waals surface area contributed by atoms with Gasteiger partial charge < -0.3 is 24.5 Å². The summed E-state index contributed by atoms with van der Waals surface area (Å²) in [7, 11) is 5.40. The van der Waals surface area contributed by atoms with Gasteiger partial charge in [0, 0.05) is 62.4 Å². The first-order valence-electron chi connectivity index (χ1n) is 20.0. The number of aryl methyl sites for hydroxylation is 1. The smallest absolute Gasteiger partial charge is 0.259 e. The lowest BCUT2D eigenvalue weighted by molar-refractivity contribution is -0.141. The number of aromatic hydroxyl groups is 1. The molecule has 1 aliphatic heterocycles. The number of fused-ring (bicyclic) bond motifs is 1.